The molecular weight excluding hydrogens is 320 g/mol. The van der Waals surface area contributed by atoms with Crippen LogP contribution >= 0.6 is 11.3 Å². The number of nitrogens with one attached hydrogen (secondary N) is 1. The lowest BCUT2D eigenvalue weighted by Crippen LogP contribution is -2.40. The SMILES string of the molecule is CCNC(=NCCc1csc(-c2ccccc2)n1)N1CC[C@@H](O)C1. The molecule has 1 fully saturated rings. The van der Waals surface area contributed by atoms with Gasteiger partial charge < -0.3 is 15.3 Å². The molecule has 24 heavy (non-hydrogen) atoms. The van der Waals surface area contributed by atoms with Gasteiger partial charge in [0.25, 0.3) is 0 Å². The number of benzene rings is 1. The Hall–Kier alpha value is -1.92. The van der Waals surface area contributed by atoms with Crippen LogP contribution in [0.3, 0.4) is 0 Å². The Morgan fingerprint density at radius 2 is 2.25 bits per heavy atom. The standard InChI is InChI=1S/C18H24N4OS/c1-2-19-18(22-11-9-16(23)12-22)20-10-8-15-13-24-17(21-15)14-6-4-3-5-7-14/h3-7,13,16,23H,2,8-12H2,1H3,(H,19,20)/t16-/m1/s1. The van der Waals surface area contributed by atoms with Crippen LogP contribution in [0, 0.1) is 0 Å². The Morgan fingerprint density at radius 1 is 1.42 bits per heavy atom. The lowest BCUT2D eigenvalue weighted by molar-refractivity contribution is 0.188. The summed E-state index contributed by atoms with van der Waals surface area (Å²) in [7, 11) is 0. The number of rotatable bonds is 5. The molecule has 6 heteroatoms. The van der Waals surface area contributed by atoms with E-state index in [2.05, 4.69) is 34.7 Å². The first-order valence-corrected chi connectivity index (χ1v) is 9.35. The average Bonchev–Trinajstić information content (AvgIpc) is 3.24. The maximum Gasteiger partial charge on any atom is 0.194 e. The minimum absolute atomic E-state index is 0.235. The number of thiazole rings is 1. The highest BCUT2D eigenvalue weighted by Gasteiger charge is 2.22. The van der Waals surface area contributed by atoms with Crippen LogP contribution in [0.2, 0.25) is 0 Å². The Balaban J connectivity index is 1.59. The van der Waals surface area contributed by atoms with Gasteiger partial charge >= 0.3 is 0 Å². The quantitative estimate of drug-likeness (QED) is 0.646. The van der Waals surface area contributed by atoms with Crippen molar-refractivity contribution in [1.82, 2.24) is 15.2 Å². The van der Waals surface area contributed by atoms with Gasteiger partial charge in [0.1, 0.15) is 5.01 Å². The highest BCUT2D eigenvalue weighted by Crippen LogP contribution is 2.23. The summed E-state index contributed by atoms with van der Waals surface area (Å²) >= 11 is 1.68. The molecule has 1 aliphatic heterocycles. The third-order valence-corrected chi connectivity index (χ3v) is 4.94. The van der Waals surface area contributed by atoms with E-state index in [-0.39, 0.29) is 6.10 Å². The smallest absolute Gasteiger partial charge is 0.194 e. The summed E-state index contributed by atoms with van der Waals surface area (Å²) in [5.74, 6) is 0.896. The molecule has 0 unspecified atom stereocenters. The van der Waals surface area contributed by atoms with Crippen LogP contribution < -0.4 is 5.32 Å². The van der Waals surface area contributed by atoms with E-state index >= 15 is 0 Å². The maximum absolute atomic E-state index is 9.70. The fraction of sp³-hybridized carbons (Fsp3) is 0.444. The van der Waals surface area contributed by atoms with E-state index in [1.165, 1.54) is 0 Å². The van der Waals surface area contributed by atoms with E-state index in [0.717, 1.165) is 48.2 Å². The summed E-state index contributed by atoms with van der Waals surface area (Å²) in [4.78, 5) is 11.5. The van der Waals surface area contributed by atoms with Crippen LogP contribution in [-0.4, -0.2) is 53.2 Å². The van der Waals surface area contributed by atoms with Crippen molar-refractivity contribution in [1.29, 1.82) is 0 Å². The van der Waals surface area contributed by atoms with Gasteiger partial charge in [0.15, 0.2) is 5.96 Å². The van der Waals surface area contributed by atoms with Crippen LogP contribution in [0.1, 0.15) is 19.0 Å². The molecule has 2 heterocycles. The second-order valence-electron chi connectivity index (χ2n) is 5.88. The van der Waals surface area contributed by atoms with Crippen LogP contribution in [0.25, 0.3) is 10.6 Å². The number of nitrogens with zero attached hydrogens (tertiary/aromatic N) is 3. The lowest BCUT2D eigenvalue weighted by atomic mass is 10.2. The van der Waals surface area contributed by atoms with Gasteiger partial charge in [-0.3, -0.25) is 4.99 Å². The Morgan fingerprint density at radius 3 is 2.96 bits per heavy atom. The van der Waals surface area contributed by atoms with Gasteiger partial charge in [-0.2, -0.15) is 0 Å². The summed E-state index contributed by atoms with van der Waals surface area (Å²) in [6.07, 6.45) is 1.41. The van der Waals surface area contributed by atoms with Crippen LogP contribution in [0.15, 0.2) is 40.7 Å². The average molecular weight is 344 g/mol. The van der Waals surface area contributed by atoms with Crippen molar-refractivity contribution in [3.05, 3.63) is 41.4 Å². The second-order valence-corrected chi connectivity index (χ2v) is 6.74. The fourth-order valence-corrected chi connectivity index (χ4v) is 3.63. The van der Waals surface area contributed by atoms with Gasteiger partial charge in [0.2, 0.25) is 0 Å². The fourth-order valence-electron chi connectivity index (χ4n) is 2.77. The van der Waals surface area contributed by atoms with Crippen LogP contribution in [0.4, 0.5) is 0 Å². The maximum atomic E-state index is 9.70. The number of likely N-dealkylation sites (tertiary alicyclic amines) is 1. The van der Waals surface area contributed by atoms with Crippen LogP contribution in [0.5, 0.6) is 0 Å². The van der Waals surface area contributed by atoms with E-state index in [9.17, 15) is 5.11 Å². The molecule has 1 saturated heterocycles. The van der Waals surface area contributed by atoms with E-state index in [4.69, 9.17) is 9.98 Å². The molecule has 1 aromatic carbocycles. The molecule has 1 aromatic heterocycles. The predicted octanol–water partition coefficient (Wildman–Crippen LogP) is 2.38. The van der Waals surface area contributed by atoms with Gasteiger partial charge in [-0.05, 0) is 13.3 Å². The second kappa shape index (κ2) is 8.26. The number of hydrogen-bond donors (Lipinski definition) is 2. The van der Waals surface area contributed by atoms with Crippen molar-refractivity contribution in [3.8, 4) is 10.6 Å². The molecule has 2 N–H and O–H groups in total. The number of aliphatic hydroxyl groups excluding tert-OH is 1. The minimum Gasteiger partial charge on any atom is -0.391 e. The van der Waals surface area contributed by atoms with E-state index < -0.39 is 0 Å². The largest absolute Gasteiger partial charge is 0.391 e. The van der Waals surface area contributed by atoms with Crippen molar-refractivity contribution >= 4 is 17.3 Å². The molecule has 2 aromatic rings. The molecule has 0 spiro atoms. The number of β-amino-alcohol motifs (C(OH)–C–C–N with tert-alkyl or cyclic N) is 1. The lowest BCUT2D eigenvalue weighted by Gasteiger charge is -2.20. The van der Waals surface area contributed by atoms with Gasteiger partial charge in [0.05, 0.1) is 11.8 Å². The molecule has 0 saturated carbocycles. The number of hydrogen-bond acceptors (Lipinski definition) is 4. The summed E-state index contributed by atoms with van der Waals surface area (Å²) in [5.41, 5.74) is 2.25. The normalized spacial score (nSPS) is 18.2. The topological polar surface area (TPSA) is 60.8 Å². The molecule has 5 nitrogen and oxygen atoms in total. The first-order valence-electron chi connectivity index (χ1n) is 8.47. The summed E-state index contributed by atoms with van der Waals surface area (Å²) in [6, 6.07) is 10.3. The predicted molar refractivity (Wildman–Crippen MR) is 99.4 cm³/mol. The zero-order valence-corrected chi connectivity index (χ0v) is 14.8. The molecular formula is C18H24N4OS. The number of aliphatic hydroxyl groups is 1. The van der Waals surface area contributed by atoms with E-state index in [1.54, 1.807) is 11.3 Å². The minimum atomic E-state index is -0.235. The molecule has 1 aliphatic rings. The van der Waals surface area contributed by atoms with Gasteiger partial charge in [-0.25, -0.2) is 4.98 Å². The number of aliphatic imine (C=N–C) groups is 1. The molecule has 0 aliphatic carbocycles. The van der Waals surface area contributed by atoms with Crippen LogP contribution in [-0.2, 0) is 6.42 Å². The molecule has 128 valence electrons. The van der Waals surface area contributed by atoms with Crippen molar-refractivity contribution in [2.45, 2.75) is 25.9 Å². The highest BCUT2D eigenvalue weighted by molar-refractivity contribution is 7.13. The first kappa shape index (κ1) is 16.9. The van der Waals surface area contributed by atoms with Gasteiger partial charge in [-0.15, -0.1) is 11.3 Å². The molecule has 3 rings (SSSR count). The number of aromatic nitrogens is 1. The Bertz CT molecular complexity index is 671. The summed E-state index contributed by atoms with van der Waals surface area (Å²) in [5, 5.41) is 16.2. The third-order valence-electron chi connectivity index (χ3n) is 4.00. The molecule has 0 amide bonds. The van der Waals surface area contributed by atoms with Crippen molar-refractivity contribution < 1.29 is 5.11 Å². The Labute approximate surface area is 147 Å². The van der Waals surface area contributed by atoms with E-state index in [0.29, 0.717) is 13.1 Å². The van der Waals surface area contributed by atoms with Gasteiger partial charge in [0, 0.05) is 43.5 Å². The summed E-state index contributed by atoms with van der Waals surface area (Å²) < 4.78 is 0. The highest BCUT2D eigenvalue weighted by atomic mass is 32.1. The third kappa shape index (κ3) is 4.33. The molecule has 1 atom stereocenters. The number of guanidine groups is 1. The van der Waals surface area contributed by atoms with Crippen molar-refractivity contribution in [2.24, 2.45) is 4.99 Å². The zero-order chi connectivity index (χ0) is 16.8. The van der Waals surface area contributed by atoms with Gasteiger partial charge in [-0.1, -0.05) is 30.3 Å². The van der Waals surface area contributed by atoms with E-state index in [1.807, 2.05) is 18.2 Å². The summed E-state index contributed by atoms with van der Waals surface area (Å²) in [6.45, 7) is 5.13. The zero-order valence-electron chi connectivity index (χ0n) is 14.0. The van der Waals surface area contributed by atoms with Crippen molar-refractivity contribution in [3.63, 3.8) is 0 Å². The Kier molecular flexibility index (Phi) is 5.82. The van der Waals surface area contributed by atoms with Crippen molar-refractivity contribution in [2.75, 3.05) is 26.2 Å². The molecule has 0 bridgehead atoms. The monoisotopic (exact) mass is 344 g/mol. The first-order chi connectivity index (χ1) is 11.8. The molecule has 0 radical (unpaired) electrons.